The van der Waals surface area contributed by atoms with Gasteiger partial charge in [0.25, 0.3) is 0 Å². The lowest BCUT2D eigenvalue weighted by molar-refractivity contribution is -1.03. The zero-order valence-electron chi connectivity index (χ0n) is 12.1. The minimum absolute atomic E-state index is 0.838. The molecular weight excluding hydrogens is 220 g/mol. The molecule has 100 valence electrons. The van der Waals surface area contributed by atoms with Gasteiger partial charge >= 0.3 is 0 Å². The van der Waals surface area contributed by atoms with Crippen molar-refractivity contribution in [2.45, 2.75) is 39.8 Å². The molecule has 1 saturated heterocycles. The van der Waals surface area contributed by atoms with Crippen molar-refractivity contribution in [2.75, 3.05) is 26.2 Å². The predicted octanol–water partition coefficient (Wildman–Crippen LogP) is 0.0769. The molecule has 0 saturated carbocycles. The SMILES string of the molecule is CC[C@H](C)[NH+]1CC[NH+](Cc2cccc(C)c2)CC1. The Bertz CT molecular complexity index is 367. The Hall–Kier alpha value is -0.860. The van der Waals surface area contributed by atoms with Crippen molar-refractivity contribution in [1.29, 1.82) is 0 Å². The second kappa shape index (κ2) is 6.35. The summed E-state index contributed by atoms with van der Waals surface area (Å²) in [5.74, 6) is 0. The van der Waals surface area contributed by atoms with E-state index in [1.54, 1.807) is 4.90 Å². The highest BCUT2D eigenvalue weighted by molar-refractivity contribution is 5.21. The molecule has 1 aliphatic heterocycles. The van der Waals surface area contributed by atoms with Crippen LogP contribution < -0.4 is 9.80 Å². The molecule has 1 aromatic carbocycles. The standard InChI is InChI=1S/C16H26N2/c1-4-15(3)18-10-8-17(9-11-18)13-16-7-5-6-14(2)12-16/h5-7,12,15H,4,8-11,13H2,1-3H3/p+2/t15-/m0/s1. The van der Waals surface area contributed by atoms with E-state index in [-0.39, 0.29) is 0 Å². The summed E-state index contributed by atoms with van der Waals surface area (Å²) in [5.41, 5.74) is 2.88. The second-order valence-corrected chi connectivity index (χ2v) is 5.88. The zero-order chi connectivity index (χ0) is 13.0. The lowest BCUT2D eigenvalue weighted by Gasteiger charge is -2.33. The molecule has 2 N–H and O–H groups in total. The van der Waals surface area contributed by atoms with Gasteiger partial charge in [-0.15, -0.1) is 0 Å². The monoisotopic (exact) mass is 248 g/mol. The average molecular weight is 248 g/mol. The smallest absolute Gasteiger partial charge is 0.127 e. The van der Waals surface area contributed by atoms with Crippen molar-refractivity contribution in [3.05, 3.63) is 35.4 Å². The number of hydrogen-bond acceptors (Lipinski definition) is 0. The number of quaternary nitrogens is 2. The van der Waals surface area contributed by atoms with E-state index in [1.807, 2.05) is 4.90 Å². The Morgan fingerprint density at radius 1 is 1.17 bits per heavy atom. The van der Waals surface area contributed by atoms with E-state index in [9.17, 15) is 0 Å². The number of piperazine rings is 1. The third-order valence-electron chi connectivity index (χ3n) is 4.45. The molecule has 1 atom stereocenters. The maximum absolute atomic E-state index is 2.39. The van der Waals surface area contributed by atoms with E-state index in [0.29, 0.717) is 0 Å². The first-order chi connectivity index (χ1) is 8.69. The second-order valence-electron chi connectivity index (χ2n) is 5.88. The van der Waals surface area contributed by atoms with Gasteiger partial charge in [-0.05, 0) is 20.3 Å². The lowest BCUT2D eigenvalue weighted by atomic mass is 10.1. The summed E-state index contributed by atoms with van der Waals surface area (Å²) in [6.07, 6.45) is 1.31. The molecule has 2 heteroatoms. The van der Waals surface area contributed by atoms with Gasteiger partial charge in [-0.2, -0.15) is 0 Å². The summed E-state index contributed by atoms with van der Waals surface area (Å²) in [4.78, 5) is 3.57. The topological polar surface area (TPSA) is 8.88 Å². The van der Waals surface area contributed by atoms with Gasteiger partial charge < -0.3 is 9.80 Å². The van der Waals surface area contributed by atoms with Crippen molar-refractivity contribution in [1.82, 2.24) is 0 Å². The highest BCUT2D eigenvalue weighted by Gasteiger charge is 2.25. The van der Waals surface area contributed by atoms with E-state index in [4.69, 9.17) is 0 Å². The van der Waals surface area contributed by atoms with Gasteiger partial charge in [0.2, 0.25) is 0 Å². The van der Waals surface area contributed by atoms with Crippen LogP contribution in [0.25, 0.3) is 0 Å². The van der Waals surface area contributed by atoms with Crippen molar-refractivity contribution in [3.8, 4) is 0 Å². The molecule has 0 radical (unpaired) electrons. The van der Waals surface area contributed by atoms with Crippen molar-refractivity contribution < 1.29 is 9.80 Å². The molecule has 0 aliphatic carbocycles. The van der Waals surface area contributed by atoms with Crippen LogP contribution in [0.1, 0.15) is 31.4 Å². The summed E-state index contributed by atoms with van der Waals surface area (Å²) in [7, 11) is 0. The normalized spacial score (nSPS) is 25.9. The quantitative estimate of drug-likeness (QED) is 0.747. The molecule has 2 rings (SSSR count). The molecule has 2 nitrogen and oxygen atoms in total. The third kappa shape index (κ3) is 3.56. The molecule has 1 aromatic rings. The van der Waals surface area contributed by atoms with E-state index in [2.05, 4.69) is 45.0 Å². The first-order valence-corrected chi connectivity index (χ1v) is 7.42. The Morgan fingerprint density at radius 3 is 2.50 bits per heavy atom. The number of hydrogen-bond donors (Lipinski definition) is 2. The molecule has 1 fully saturated rings. The summed E-state index contributed by atoms with van der Waals surface area (Å²) in [6, 6.07) is 9.81. The average Bonchev–Trinajstić information content (AvgIpc) is 2.39. The molecule has 1 aliphatic rings. The summed E-state index contributed by atoms with van der Waals surface area (Å²) < 4.78 is 0. The molecule has 0 unspecified atom stereocenters. The number of benzene rings is 1. The largest absolute Gasteiger partial charge is 0.323 e. The van der Waals surface area contributed by atoms with Crippen LogP contribution in [-0.2, 0) is 6.54 Å². The van der Waals surface area contributed by atoms with Crippen molar-refractivity contribution >= 4 is 0 Å². The summed E-state index contributed by atoms with van der Waals surface area (Å²) >= 11 is 0. The third-order valence-corrected chi connectivity index (χ3v) is 4.45. The van der Waals surface area contributed by atoms with Gasteiger partial charge in [0.15, 0.2) is 0 Å². The molecule has 18 heavy (non-hydrogen) atoms. The molecule has 0 bridgehead atoms. The number of rotatable bonds is 4. The van der Waals surface area contributed by atoms with Crippen LogP contribution in [-0.4, -0.2) is 32.2 Å². The van der Waals surface area contributed by atoms with Gasteiger partial charge in [0.1, 0.15) is 32.7 Å². The zero-order valence-corrected chi connectivity index (χ0v) is 12.1. The van der Waals surface area contributed by atoms with Gasteiger partial charge in [-0.25, -0.2) is 0 Å². The van der Waals surface area contributed by atoms with Crippen LogP contribution in [0.3, 0.4) is 0 Å². The van der Waals surface area contributed by atoms with E-state index in [1.165, 1.54) is 50.3 Å². The van der Waals surface area contributed by atoms with E-state index < -0.39 is 0 Å². The minimum Gasteiger partial charge on any atom is -0.323 e. The Labute approximate surface area is 112 Å². The van der Waals surface area contributed by atoms with Gasteiger partial charge in [-0.3, -0.25) is 0 Å². The van der Waals surface area contributed by atoms with Gasteiger partial charge in [-0.1, -0.05) is 36.8 Å². The van der Waals surface area contributed by atoms with Crippen LogP contribution in [0.4, 0.5) is 0 Å². The molecule has 1 heterocycles. The van der Waals surface area contributed by atoms with Crippen LogP contribution in [0.2, 0.25) is 0 Å². The maximum Gasteiger partial charge on any atom is 0.127 e. The fourth-order valence-electron chi connectivity index (χ4n) is 2.99. The van der Waals surface area contributed by atoms with Crippen molar-refractivity contribution in [2.24, 2.45) is 0 Å². The molecule has 0 amide bonds. The van der Waals surface area contributed by atoms with Gasteiger partial charge in [0, 0.05) is 5.56 Å². The minimum atomic E-state index is 0.838. The number of nitrogens with one attached hydrogen (secondary N) is 2. The van der Waals surface area contributed by atoms with Crippen LogP contribution in [0, 0.1) is 6.92 Å². The highest BCUT2D eigenvalue weighted by Crippen LogP contribution is 2.01. The Balaban J connectivity index is 1.83. The Kier molecular flexibility index (Phi) is 4.79. The molecule has 0 spiro atoms. The molecule has 0 aromatic heterocycles. The van der Waals surface area contributed by atoms with Crippen molar-refractivity contribution in [3.63, 3.8) is 0 Å². The van der Waals surface area contributed by atoms with E-state index in [0.717, 1.165) is 6.04 Å². The van der Waals surface area contributed by atoms with Gasteiger partial charge in [0.05, 0.1) is 6.04 Å². The fourth-order valence-corrected chi connectivity index (χ4v) is 2.99. The van der Waals surface area contributed by atoms with Crippen LogP contribution >= 0.6 is 0 Å². The van der Waals surface area contributed by atoms with Crippen LogP contribution in [0.15, 0.2) is 24.3 Å². The fraction of sp³-hybridized carbons (Fsp3) is 0.625. The highest BCUT2D eigenvalue weighted by atomic mass is 15.3. The first-order valence-electron chi connectivity index (χ1n) is 7.42. The van der Waals surface area contributed by atoms with Crippen LogP contribution in [0.5, 0.6) is 0 Å². The summed E-state index contributed by atoms with van der Waals surface area (Å²) in [6.45, 7) is 13.4. The molecular formula is C16H28N2+2. The number of aryl methyl sites for hydroxylation is 1. The lowest BCUT2D eigenvalue weighted by Crippen LogP contribution is -3.29. The predicted molar refractivity (Wildman–Crippen MR) is 76.0 cm³/mol. The summed E-state index contributed by atoms with van der Waals surface area (Å²) in [5, 5.41) is 0. The Morgan fingerprint density at radius 2 is 1.89 bits per heavy atom. The van der Waals surface area contributed by atoms with E-state index >= 15 is 0 Å². The first kappa shape index (κ1) is 13.6. The maximum atomic E-state index is 2.39.